The van der Waals surface area contributed by atoms with Crippen molar-refractivity contribution >= 4 is 11.7 Å². The van der Waals surface area contributed by atoms with Crippen molar-refractivity contribution in [3.05, 3.63) is 42.0 Å². The largest absolute Gasteiger partial charge is 0.493 e. The number of carbonyl (C=O) groups is 1. The van der Waals surface area contributed by atoms with E-state index in [1.54, 1.807) is 6.08 Å². The maximum Gasteiger partial charge on any atom is 0.416 e. The molecule has 0 saturated carbocycles. The van der Waals surface area contributed by atoms with Crippen molar-refractivity contribution in [1.82, 2.24) is 10.6 Å². The molecule has 1 aromatic rings. The van der Waals surface area contributed by atoms with Gasteiger partial charge in [0.25, 0.3) is 5.91 Å². The Hall–Kier alpha value is -2.35. The molecule has 2 aliphatic rings. The number of nitrogens with one attached hydrogen (secondary N) is 2. The standard InChI is InChI=1S/C18H20F3N3O2/c1-2-3-8-26-14-10-12(9-13(11-14)18(19,20)21)15-23-16(25)17(24-15)4-6-22-7-5-17/h2,9-11,22H,1,3-8H2,(H,23,24,25). The zero-order valence-corrected chi connectivity index (χ0v) is 14.2. The fourth-order valence-electron chi connectivity index (χ4n) is 3.08. The summed E-state index contributed by atoms with van der Waals surface area (Å²) in [7, 11) is 0. The number of amides is 1. The molecule has 3 rings (SSSR count). The van der Waals surface area contributed by atoms with Crippen LogP contribution in [-0.4, -0.2) is 37.0 Å². The molecular formula is C18H20F3N3O2. The second-order valence-corrected chi connectivity index (χ2v) is 6.37. The molecule has 2 aliphatic heterocycles. The normalized spacial score (nSPS) is 19.2. The van der Waals surface area contributed by atoms with Crippen LogP contribution in [0.3, 0.4) is 0 Å². The van der Waals surface area contributed by atoms with Gasteiger partial charge in [0.1, 0.15) is 17.1 Å². The Morgan fingerprint density at radius 2 is 2.00 bits per heavy atom. The van der Waals surface area contributed by atoms with Gasteiger partial charge in [-0.05, 0) is 50.6 Å². The van der Waals surface area contributed by atoms with Crippen LogP contribution in [0.5, 0.6) is 5.75 Å². The van der Waals surface area contributed by atoms with Gasteiger partial charge in [0.2, 0.25) is 0 Å². The van der Waals surface area contributed by atoms with Crippen molar-refractivity contribution in [3.8, 4) is 5.75 Å². The predicted molar refractivity (Wildman–Crippen MR) is 91.3 cm³/mol. The van der Waals surface area contributed by atoms with Gasteiger partial charge in [-0.1, -0.05) is 6.08 Å². The first-order valence-corrected chi connectivity index (χ1v) is 8.42. The first-order chi connectivity index (χ1) is 12.3. The molecule has 2 heterocycles. The van der Waals surface area contributed by atoms with E-state index < -0.39 is 17.3 Å². The number of rotatable bonds is 5. The molecular weight excluding hydrogens is 347 g/mol. The molecule has 26 heavy (non-hydrogen) atoms. The van der Waals surface area contributed by atoms with Crippen molar-refractivity contribution in [2.45, 2.75) is 31.0 Å². The smallest absolute Gasteiger partial charge is 0.416 e. The van der Waals surface area contributed by atoms with Crippen molar-refractivity contribution in [1.29, 1.82) is 0 Å². The van der Waals surface area contributed by atoms with E-state index in [1.807, 2.05) is 0 Å². The van der Waals surface area contributed by atoms with Crippen LogP contribution in [0.4, 0.5) is 13.2 Å². The third kappa shape index (κ3) is 3.75. The number of hydrogen-bond donors (Lipinski definition) is 2. The number of halogens is 3. The molecule has 1 aromatic carbocycles. The van der Waals surface area contributed by atoms with Crippen LogP contribution >= 0.6 is 0 Å². The molecule has 0 unspecified atom stereocenters. The Labute approximate surface area is 149 Å². The minimum absolute atomic E-state index is 0.0832. The van der Waals surface area contributed by atoms with Crippen molar-refractivity contribution < 1.29 is 22.7 Å². The molecule has 0 radical (unpaired) electrons. The third-order valence-electron chi connectivity index (χ3n) is 4.51. The van der Waals surface area contributed by atoms with Gasteiger partial charge >= 0.3 is 6.18 Å². The number of amidine groups is 1. The van der Waals surface area contributed by atoms with Crippen LogP contribution in [0.25, 0.3) is 0 Å². The molecule has 0 aliphatic carbocycles. The summed E-state index contributed by atoms with van der Waals surface area (Å²) in [5.74, 6) is -0.0167. The fourth-order valence-corrected chi connectivity index (χ4v) is 3.08. The fraction of sp³-hybridized carbons (Fsp3) is 0.444. The summed E-state index contributed by atoms with van der Waals surface area (Å²) in [5.41, 5.74) is -1.54. The number of benzene rings is 1. The van der Waals surface area contributed by atoms with Crippen LogP contribution in [0.1, 0.15) is 30.4 Å². The minimum atomic E-state index is -4.53. The molecule has 1 fully saturated rings. The van der Waals surface area contributed by atoms with E-state index in [4.69, 9.17) is 4.74 Å². The summed E-state index contributed by atoms with van der Waals surface area (Å²) in [6.07, 6.45) is -1.35. The molecule has 2 N–H and O–H groups in total. The number of nitrogens with zero attached hydrogens (tertiary/aromatic N) is 1. The second-order valence-electron chi connectivity index (χ2n) is 6.37. The van der Waals surface area contributed by atoms with Crippen LogP contribution in [0.15, 0.2) is 35.8 Å². The number of carbonyl (C=O) groups excluding carboxylic acids is 1. The molecule has 1 saturated heterocycles. The molecule has 1 amide bonds. The monoisotopic (exact) mass is 367 g/mol. The maximum absolute atomic E-state index is 13.2. The van der Waals surface area contributed by atoms with Crippen LogP contribution in [0.2, 0.25) is 0 Å². The lowest BCUT2D eigenvalue weighted by molar-refractivity contribution is -0.137. The van der Waals surface area contributed by atoms with Crippen molar-refractivity contribution in [2.24, 2.45) is 4.99 Å². The van der Waals surface area contributed by atoms with Crippen LogP contribution in [-0.2, 0) is 11.0 Å². The van der Waals surface area contributed by atoms with Crippen LogP contribution < -0.4 is 15.4 Å². The average Bonchev–Trinajstić information content (AvgIpc) is 2.91. The van der Waals surface area contributed by atoms with E-state index in [0.717, 1.165) is 12.1 Å². The van der Waals surface area contributed by atoms with E-state index in [1.165, 1.54) is 6.07 Å². The molecule has 5 nitrogen and oxygen atoms in total. The van der Waals surface area contributed by atoms with E-state index in [2.05, 4.69) is 22.2 Å². The number of piperidine rings is 1. The molecule has 0 bridgehead atoms. The number of hydrogen-bond acceptors (Lipinski definition) is 4. The van der Waals surface area contributed by atoms with E-state index in [0.29, 0.717) is 32.4 Å². The van der Waals surface area contributed by atoms with Crippen LogP contribution in [0, 0.1) is 0 Å². The quantitative estimate of drug-likeness (QED) is 0.621. The topological polar surface area (TPSA) is 62.7 Å². The predicted octanol–water partition coefficient (Wildman–Crippen LogP) is 2.66. The van der Waals surface area contributed by atoms with Gasteiger partial charge in [0, 0.05) is 5.56 Å². The van der Waals surface area contributed by atoms with Gasteiger partial charge in [0.15, 0.2) is 0 Å². The summed E-state index contributed by atoms with van der Waals surface area (Å²) in [6.45, 7) is 5.06. The van der Waals surface area contributed by atoms with Gasteiger partial charge in [-0.15, -0.1) is 6.58 Å². The molecule has 140 valence electrons. The lowest BCUT2D eigenvalue weighted by atomic mass is 9.89. The van der Waals surface area contributed by atoms with E-state index in [9.17, 15) is 18.0 Å². The molecule has 0 aromatic heterocycles. The molecule has 1 spiro atoms. The third-order valence-corrected chi connectivity index (χ3v) is 4.51. The van der Waals surface area contributed by atoms with Gasteiger partial charge < -0.3 is 15.4 Å². The maximum atomic E-state index is 13.2. The lowest BCUT2D eigenvalue weighted by Gasteiger charge is -2.28. The SMILES string of the molecule is C=CCCOc1cc(C2=NC3(CCNCC3)C(=O)N2)cc(C(F)(F)F)c1. The van der Waals surface area contributed by atoms with Gasteiger partial charge in [0.05, 0.1) is 12.2 Å². The Bertz CT molecular complexity index is 738. The summed E-state index contributed by atoms with van der Waals surface area (Å²) < 4.78 is 45.1. The Balaban J connectivity index is 1.95. The number of alkyl halides is 3. The Morgan fingerprint density at radius 3 is 2.65 bits per heavy atom. The average molecular weight is 367 g/mol. The van der Waals surface area contributed by atoms with Crippen molar-refractivity contribution in [2.75, 3.05) is 19.7 Å². The highest BCUT2D eigenvalue weighted by molar-refractivity contribution is 6.15. The van der Waals surface area contributed by atoms with E-state index >= 15 is 0 Å². The number of aliphatic imine (C=N–C) groups is 1. The van der Waals surface area contributed by atoms with Gasteiger partial charge in [-0.25, -0.2) is 0 Å². The summed E-state index contributed by atoms with van der Waals surface area (Å²) in [4.78, 5) is 16.9. The van der Waals surface area contributed by atoms with E-state index in [-0.39, 0.29) is 29.7 Å². The second kappa shape index (κ2) is 7.11. The summed E-state index contributed by atoms with van der Waals surface area (Å²) in [5, 5.41) is 5.80. The Kier molecular flexibility index (Phi) is 5.04. The van der Waals surface area contributed by atoms with Gasteiger partial charge in [-0.3, -0.25) is 9.79 Å². The highest BCUT2D eigenvalue weighted by Crippen LogP contribution is 2.34. The number of ether oxygens (including phenoxy) is 1. The first-order valence-electron chi connectivity index (χ1n) is 8.42. The lowest BCUT2D eigenvalue weighted by Crippen LogP contribution is -2.47. The van der Waals surface area contributed by atoms with Gasteiger partial charge in [-0.2, -0.15) is 13.2 Å². The Morgan fingerprint density at radius 1 is 1.27 bits per heavy atom. The van der Waals surface area contributed by atoms with Crippen molar-refractivity contribution in [3.63, 3.8) is 0 Å². The zero-order chi connectivity index (χ0) is 18.8. The zero-order valence-electron chi connectivity index (χ0n) is 14.2. The first kappa shape index (κ1) is 18.4. The summed E-state index contributed by atoms with van der Waals surface area (Å²) >= 11 is 0. The highest BCUT2D eigenvalue weighted by Gasteiger charge is 2.44. The highest BCUT2D eigenvalue weighted by atomic mass is 19.4. The summed E-state index contributed by atoms with van der Waals surface area (Å²) in [6, 6.07) is 3.40. The molecule has 8 heteroatoms. The minimum Gasteiger partial charge on any atom is -0.493 e. The molecule has 0 atom stereocenters.